The SMILES string of the molecule is O=C(COc1cccc(F)c1)N1C[C@H]2C[C@@H](n3cnc4ccccc43)[C@H](O)C[C@H]2C1. The van der Waals surface area contributed by atoms with Crippen LogP contribution < -0.4 is 4.74 Å². The van der Waals surface area contributed by atoms with Gasteiger partial charge in [0.1, 0.15) is 11.6 Å². The number of amides is 1. The number of aliphatic hydroxyl groups excluding tert-OH is 1. The number of nitrogens with zero attached hydrogens (tertiary/aromatic N) is 3. The molecular formula is C23H24FN3O3. The minimum atomic E-state index is -0.470. The largest absolute Gasteiger partial charge is 0.484 e. The summed E-state index contributed by atoms with van der Waals surface area (Å²) in [5, 5.41) is 10.8. The third-order valence-electron chi connectivity index (χ3n) is 6.46. The van der Waals surface area contributed by atoms with Gasteiger partial charge in [0.15, 0.2) is 6.61 Å². The highest BCUT2D eigenvalue weighted by Crippen LogP contribution is 2.42. The van der Waals surface area contributed by atoms with Crippen molar-refractivity contribution >= 4 is 16.9 Å². The Morgan fingerprint density at radius 2 is 1.93 bits per heavy atom. The predicted octanol–water partition coefficient (Wildman–Crippen LogP) is 3.02. The van der Waals surface area contributed by atoms with E-state index in [1.165, 1.54) is 12.1 Å². The van der Waals surface area contributed by atoms with Crippen LogP contribution in [0.25, 0.3) is 11.0 Å². The van der Waals surface area contributed by atoms with Crippen molar-refractivity contribution < 1.29 is 19.0 Å². The molecule has 3 aromatic rings. The van der Waals surface area contributed by atoms with E-state index in [4.69, 9.17) is 4.74 Å². The van der Waals surface area contributed by atoms with Crippen molar-refractivity contribution in [3.8, 4) is 5.75 Å². The molecule has 2 fully saturated rings. The number of imidazole rings is 1. The fourth-order valence-electron chi connectivity index (χ4n) is 4.95. The highest BCUT2D eigenvalue weighted by atomic mass is 19.1. The number of benzene rings is 2. The first-order valence-electron chi connectivity index (χ1n) is 10.3. The van der Waals surface area contributed by atoms with E-state index in [-0.39, 0.29) is 30.3 Å². The van der Waals surface area contributed by atoms with Crippen LogP contribution in [0.15, 0.2) is 54.9 Å². The number of aromatic nitrogens is 2. The van der Waals surface area contributed by atoms with E-state index in [0.29, 0.717) is 31.2 Å². The van der Waals surface area contributed by atoms with Crippen LogP contribution in [0.2, 0.25) is 0 Å². The minimum absolute atomic E-state index is 0.0442. The molecule has 2 heterocycles. The molecule has 30 heavy (non-hydrogen) atoms. The van der Waals surface area contributed by atoms with Crippen molar-refractivity contribution in [2.24, 2.45) is 11.8 Å². The number of hydrogen-bond donors (Lipinski definition) is 1. The van der Waals surface area contributed by atoms with Crippen molar-refractivity contribution in [3.05, 3.63) is 60.7 Å². The molecule has 1 aromatic heterocycles. The second-order valence-electron chi connectivity index (χ2n) is 8.31. The molecule has 4 atom stereocenters. The third kappa shape index (κ3) is 3.54. The number of carbonyl (C=O) groups excluding carboxylic acids is 1. The molecule has 6 nitrogen and oxygen atoms in total. The van der Waals surface area contributed by atoms with E-state index in [1.54, 1.807) is 12.1 Å². The number of hydrogen-bond acceptors (Lipinski definition) is 4. The fourth-order valence-corrected chi connectivity index (χ4v) is 4.95. The Kier molecular flexibility index (Phi) is 4.90. The molecule has 0 radical (unpaired) electrons. The molecule has 7 heteroatoms. The van der Waals surface area contributed by atoms with Crippen molar-refractivity contribution in [2.75, 3.05) is 19.7 Å². The lowest BCUT2D eigenvalue weighted by Crippen LogP contribution is -2.36. The molecule has 1 amide bonds. The summed E-state index contributed by atoms with van der Waals surface area (Å²) in [5.41, 5.74) is 1.94. The molecule has 5 rings (SSSR count). The van der Waals surface area contributed by atoms with Crippen molar-refractivity contribution in [2.45, 2.75) is 25.0 Å². The number of rotatable bonds is 4. The highest BCUT2D eigenvalue weighted by Gasteiger charge is 2.43. The van der Waals surface area contributed by atoms with Gasteiger partial charge in [-0.05, 0) is 48.9 Å². The molecular weight excluding hydrogens is 385 g/mol. The number of para-hydroxylation sites is 2. The van der Waals surface area contributed by atoms with E-state index in [2.05, 4.69) is 9.55 Å². The first-order chi connectivity index (χ1) is 14.6. The maximum Gasteiger partial charge on any atom is 0.260 e. The number of carbonyl (C=O) groups is 1. The second kappa shape index (κ2) is 7.72. The Morgan fingerprint density at radius 1 is 1.13 bits per heavy atom. The van der Waals surface area contributed by atoms with Crippen LogP contribution in [0.5, 0.6) is 5.75 Å². The summed E-state index contributed by atoms with van der Waals surface area (Å²) >= 11 is 0. The zero-order chi connectivity index (χ0) is 20.7. The zero-order valence-corrected chi connectivity index (χ0v) is 16.5. The number of fused-ring (bicyclic) bond motifs is 2. The normalized spacial score (nSPS) is 26.0. The van der Waals surface area contributed by atoms with Gasteiger partial charge in [-0.15, -0.1) is 0 Å². The molecule has 1 aliphatic carbocycles. The van der Waals surface area contributed by atoms with Crippen LogP contribution in [0.3, 0.4) is 0 Å². The first-order valence-corrected chi connectivity index (χ1v) is 10.3. The number of aliphatic hydroxyl groups is 1. The summed E-state index contributed by atoms with van der Waals surface area (Å²) in [6, 6.07) is 13.7. The average molecular weight is 409 g/mol. The summed E-state index contributed by atoms with van der Waals surface area (Å²) < 4.78 is 20.8. The number of ether oxygens (including phenoxy) is 1. The maximum atomic E-state index is 13.3. The van der Waals surface area contributed by atoms with Gasteiger partial charge >= 0.3 is 0 Å². The van der Waals surface area contributed by atoms with Gasteiger partial charge < -0.3 is 19.3 Å². The number of likely N-dealkylation sites (tertiary alicyclic amines) is 1. The molecule has 1 saturated heterocycles. The van der Waals surface area contributed by atoms with Gasteiger partial charge in [-0.2, -0.15) is 0 Å². The van der Waals surface area contributed by atoms with Crippen LogP contribution in [-0.4, -0.2) is 51.3 Å². The van der Waals surface area contributed by atoms with E-state index >= 15 is 0 Å². The average Bonchev–Trinajstić information content (AvgIpc) is 3.35. The van der Waals surface area contributed by atoms with Gasteiger partial charge in [0.2, 0.25) is 0 Å². The Labute approximate surface area is 173 Å². The Bertz CT molecular complexity index is 1070. The first kappa shape index (κ1) is 19.1. The van der Waals surface area contributed by atoms with Crippen molar-refractivity contribution in [1.29, 1.82) is 0 Å². The fraction of sp³-hybridized carbons (Fsp3) is 0.391. The standard InChI is InChI=1S/C23H24FN3O3/c24-17-4-3-5-18(10-17)30-13-23(29)26-11-15-8-21(22(28)9-16(15)12-26)27-14-25-19-6-1-2-7-20(19)27/h1-7,10,14-16,21-22,28H,8-9,11-13H2/t15-,16+,21-,22-/m1/s1. The molecule has 1 saturated carbocycles. The second-order valence-corrected chi connectivity index (χ2v) is 8.31. The summed E-state index contributed by atoms with van der Waals surface area (Å²) in [4.78, 5) is 18.9. The van der Waals surface area contributed by atoms with Crippen molar-refractivity contribution in [1.82, 2.24) is 14.5 Å². The molecule has 0 bridgehead atoms. The van der Waals surface area contributed by atoms with E-state index < -0.39 is 6.10 Å². The zero-order valence-electron chi connectivity index (χ0n) is 16.5. The van der Waals surface area contributed by atoms with E-state index in [0.717, 1.165) is 17.5 Å². The summed E-state index contributed by atoms with van der Waals surface area (Å²) in [7, 11) is 0. The van der Waals surface area contributed by atoms with Gasteiger partial charge in [0.25, 0.3) is 5.91 Å². The molecule has 1 aliphatic heterocycles. The lowest BCUT2D eigenvalue weighted by molar-refractivity contribution is -0.132. The molecule has 156 valence electrons. The lowest BCUT2D eigenvalue weighted by atomic mass is 9.77. The number of halogens is 1. The Balaban J connectivity index is 1.25. The molecule has 2 aromatic carbocycles. The quantitative estimate of drug-likeness (QED) is 0.719. The monoisotopic (exact) mass is 409 g/mol. The third-order valence-corrected chi connectivity index (χ3v) is 6.46. The molecule has 2 aliphatic rings. The smallest absolute Gasteiger partial charge is 0.260 e. The Morgan fingerprint density at radius 3 is 2.77 bits per heavy atom. The summed E-state index contributed by atoms with van der Waals surface area (Å²) in [6.07, 6.45) is 2.81. The van der Waals surface area contributed by atoms with Gasteiger partial charge in [-0.1, -0.05) is 18.2 Å². The van der Waals surface area contributed by atoms with Crippen LogP contribution in [0, 0.1) is 17.7 Å². The maximum absolute atomic E-state index is 13.3. The van der Waals surface area contributed by atoms with Gasteiger partial charge in [-0.25, -0.2) is 9.37 Å². The summed E-state index contributed by atoms with van der Waals surface area (Å²) in [6.45, 7) is 1.18. The lowest BCUT2D eigenvalue weighted by Gasteiger charge is -2.36. The Hall–Kier alpha value is -2.93. The predicted molar refractivity (Wildman–Crippen MR) is 109 cm³/mol. The van der Waals surface area contributed by atoms with Crippen LogP contribution >= 0.6 is 0 Å². The highest BCUT2D eigenvalue weighted by molar-refractivity contribution is 5.78. The van der Waals surface area contributed by atoms with E-state index in [9.17, 15) is 14.3 Å². The molecule has 0 spiro atoms. The summed E-state index contributed by atoms with van der Waals surface area (Å²) in [5.74, 6) is 0.469. The van der Waals surface area contributed by atoms with Crippen LogP contribution in [-0.2, 0) is 4.79 Å². The van der Waals surface area contributed by atoms with Gasteiger partial charge in [0, 0.05) is 19.2 Å². The molecule has 0 unspecified atom stereocenters. The topological polar surface area (TPSA) is 67.6 Å². The van der Waals surface area contributed by atoms with Crippen LogP contribution in [0.4, 0.5) is 4.39 Å². The van der Waals surface area contributed by atoms with Crippen LogP contribution in [0.1, 0.15) is 18.9 Å². The van der Waals surface area contributed by atoms with Gasteiger partial charge in [-0.3, -0.25) is 4.79 Å². The van der Waals surface area contributed by atoms with Gasteiger partial charge in [0.05, 0.1) is 29.5 Å². The molecule has 1 N–H and O–H groups in total. The van der Waals surface area contributed by atoms with E-state index in [1.807, 2.05) is 35.5 Å². The minimum Gasteiger partial charge on any atom is -0.484 e. The van der Waals surface area contributed by atoms with Crippen molar-refractivity contribution in [3.63, 3.8) is 0 Å².